The molecular weight excluding hydrogens is 182 g/mol. The lowest BCUT2D eigenvalue weighted by molar-refractivity contribution is 0.0520. The van der Waals surface area contributed by atoms with Crippen LogP contribution in [0.4, 0.5) is 0 Å². The summed E-state index contributed by atoms with van der Waals surface area (Å²) in [6, 6.07) is 1.70. The molecule has 72 valence electrons. The Bertz CT molecular complexity index is 431. The van der Waals surface area contributed by atoms with Crippen LogP contribution in [0.5, 0.6) is 0 Å². The van der Waals surface area contributed by atoms with Crippen molar-refractivity contribution >= 4 is 16.9 Å². The minimum atomic E-state index is -0.358. The summed E-state index contributed by atoms with van der Waals surface area (Å²) in [6.07, 6.45) is 3.16. The summed E-state index contributed by atoms with van der Waals surface area (Å²) in [5.41, 5.74) is 1.21. The number of hydrogen-bond donors (Lipinski definition) is 1. The van der Waals surface area contributed by atoms with Crippen LogP contribution in [-0.2, 0) is 4.74 Å². The molecule has 2 aromatic heterocycles. The first kappa shape index (κ1) is 8.68. The van der Waals surface area contributed by atoms with Gasteiger partial charge >= 0.3 is 5.97 Å². The number of esters is 1. The first-order valence-corrected chi connectivity index (χ1v) is 4.28. The van der Waals surface area contributed by atoms with Gasteiger partial charge in [-0.25, -0.2) is 4.79 Å². The van der Waals surface area contributed by atoms with Crippen molar-refractivity contribution < 1.29 is 9.53 Å². The molecule has 0 unspecified atom stereocenters. The summed E-state index contributed by atoms with van der Waals surface area (Å²) in [4.78, 5) is 14.2. The molecule has 2 aromatic rings. The van der Waals surface area contributed by atoms with Crippen molar-refractivity contribution in [2.45, 2.75) is 6.92 Å². The largest absolute Gasteiger partial charge is 0.461 e. The Labute approximate surface area is 80.1 Å². The number of H-pyrrole nitrogens is 1. The highest BCUT2D eigenvalue weighted by Gasteiger charge is 2.09. The van der Waals surface area contributed by atoms with Gasteiger partial charge in [-0.1, -0.05) is 0 Å². The fourth-order valence-electron chi connectivity index (χ4n) is 1.21. The molecule has 5 nitrogen and oxygen atoms in total. The van der Waals surface area contributed by atoms with Gasteiger partial charge in [-0.05, 0) is 13.0 Å². The van der Waals surface area contributed by atoms with Gasteiger partial charge in [0.15, 0.2) is 0 Å². The molecule has 0 fully saturated rings. The van der Waals surface area contributed by atoms with Crippen LogP contribution in [0.1, 0.15) is 17.4 Å². The molecule has 5 heteroatoms. The van der Waals surface area contributed by atoms with Crippen molar-refractivity contribution in [2.75, 3.05) is 6.61 Å². The number of rotatable bonds is 2. The Balaban J connectivity index is 2.40. The summed E-state index contributed by atoms with van der Waals surface area (Å²) in [7, 11) is 0. The predicted molar refractivity (Wildman–Crippen MR) is 49.8 cm³/mol. The first-order chi connectivity index (χ1) is 6.81. The van der Waals surface area contributed by atoms with Gasteiger partial charge in [0.25, 0.3) is 0 Å². The molecule has 14 heavy (non-hydrogen) atoms. The Morgan fingerprint density at radius 2 is 2.29 bits per heavy atom. The third kappa shape index (κ3) is 1.44. The number of aromatic nitrogens is 3. The number of fused-ring (bicyclic) bond motifs is 1. The number of carbonyl (C=O) groups excluding carboxylic acids is 1. The Morgan fingerprint density at radius 3 is 3.00 bits per heavy atom. The van der Waals surface area contributed by atoms with E-state index in [1.807, 2.05) is 0 Å². The molecule has 0 spiro atoms. The topological polar surface area (TPSA) is 67.9 Å². The van der Waals surface area contributed by atoms with Crippen LogP contribution in [0.3, 0.4) is 0 Å². The zero-order valence-electron chi connectivity index (χ0n) is 7.65. The summed E-state index contributed by atoms with van der Waals surface area (Å²) < 4.78 is 4.85. The maximum absolute atomic E-state index is 11.3. The number of nitrogens with zero attached hydrogens (tertiary/aromatic N) is 2. The molecule has 0 radical (unpaired) electrons. The van der Waals surface area contributed by atoms with E-state index in [0.717, 1.165) is 10.9 Å². The number of carbonyl (C=O) groups is 1. The molecule has 0 saturated heterocycles. The molecule has 0 saturated carbocycles. The van der Waals surface area contributed by atoms with E-state index in [-0.39, 0.29) is 5.97 Å². The van der Waals surface area contributed by atoms with E-state index in [9.17, 15) is 4.79 Å². The molecule has 2 heterocycles. The zero-order valence-corrected chi connectivity index (χ0v) is 7.65. The van der Waals surface area contributed by atoms with Crippen molar-refractivity contribution in [2.24, 2.45) is 0 Å². The second-order valence-corrected chi connectivity index (χ2v) is 2.76. The lowest BCUT2D eigenvalue weighted by atomic mass is 10.3. The maximum atomic E-state index is 11.3. The summed E-state index contributed by atoms with van der Waals surface area (Å²) >= 11 is 0. The summed E-state index contributed by atoms with van der Waals surface area (Å²) in [5, 5.41) is 8.26. The summed E-state index contributed by atoms with van der Waals surface area (Å²) in [6.45, 7) is 2.13. The van der Waals surface area contributed by atoms with E-state index >= 15 is 0 Å². The Hall–Kier alpha value is -1.91. The van der Waals surface area contributed by atoms with Gasteiger partial charge in [-0.3, -0.25) is 0 Å². The van der Waals surface area contributed by atoms with Gasteiger partial charge in [0.2, 0.25) is 0 Å². The Morgan fingerprint density at radius 1 is 1.50 bits per heavy atom. The summed E-state index contributed by atoms with van der Waals surface area (Å²) in [5.74, 6) is -0.358. The van der Waals surface area contributed by atoms with Gasteiger partial charge in [0.1, 0.15) is 5.69 Å². The average Bonchev–Trinajstić information content (AvgIpc) is 2.61. The predicted octanol–water partition coefficient (Wildman–Crippen LogP) is 1.13. The van der Waals surface area contributed by atoms with E-state index in [2.05, 4.69) is 15.2 Å². The van der Waals surface area contributed by atoms with Crippen LogP contribution in [0.25, 0.3) is 10.9 Å². The minimum Gasteiger partial charge on any atom is -0.461 e. The molecule has 2 rings (SSSR count). The van der Waals surface area contributed by atoms with Crippen molar-refractivity contribution in [3.8, 4) is 0 Å². The van der Waals surface area contributed by atoms with Gasteiger partial charge in [0, 0.05) is 5.39 Å². The molecule has 0 amide bonds. The second-order valence-electron chi connectivity index (χ2n) is 2.76. The van der Waals surface area contributed by atoms with E-state index in [0.29, 0.717) is 12.3 Å². The average molecular weight is 191 g/mol. The van der Waals surface area contributed by atoms with Crippen LogP contribution in [0.2, 0.25) is 0 Å². The molecule has 0 aliphatic heterocycles. The lowest BCUT2D eigenvalue weighted by Gasteiger charge is -1.96. The molecular formula is C9H9N3O2. The lowest BCUT2D eigenvalue weighted by Crippen LogP contribution is -2.04. The standard InChI is InChI=1S/C9H9N3O2/c1-2-14-9(13)7-3-6-4-10-11-5-8(6)12-7/h3-5,12H,2H2,1H3. The van der Waals surface area contributed by atoms with Crippen LogP contribution in [0.15, 0.2) is 18.5 Å². The first-order valence-electron chi connectivity index (χ1n) is 4.28. The van der Waals surface area contributed by atoms with Crippen molar-refractivity contribution in [3.63, 3.8) is 0 Å². The van der Waals surface area contributed by atoms with Crippen molar-refractivity contribution in [1.82, 2.24) is 15.2 Å². The van der Waals surface area contributed by atoms with Crippen LogP contribution >= 0.6 is 0 Å². The third-order valence-electron chi connectivity index (χ3n) is 1.83. The van der Waals surface area contributed by atoms with Gasteiger partial charge in [0.05, 0.1) is 24.5 Å². The van der Waals surface area contributed by atoms with Crippen molar-refractivity contribution in [3.05, 3.63) is 24.2 Å². The highest BCUT2D eigenvalue weighted by molar-refractivity contribution is 5.94. The highest BCUT2D eigenvalue weighted by atomic mass is 16.5. The van der Waals surface area contributed by atoms with Crippen LogP contribution in [0, 0.1) is 0 Å². The van der Waals surface area contributed by atoms with Gasteiger partial charge in [-0.2, -0.15) is 10.2 Å². The van der Waals surface area contributed by atoms with E-state index in [1.54, 1.807) is 25.4 Å². The highest BCUT2D eigenvalue weighted by Crippen LogP contribution is 2.12. The number of aromatic amines is 1. The normalized spacial score (nSPS) is 10.4. The molecule has 0 bridgehead atoms. The van der Waals surface area contributed by atoms with E-state index in [1.165, 1.54) is 0 Å². The number of ether oxygens (including phenoxy) is 1. The Kier molecular flexibility index (Phi) is 2.14. The minimum absolute atomic E-state index is 0.358. The van der Waals surface area contributed by atoms with Crippen LogP contribution in [-0.4, -0.2) is 27.8 Å². The third-order valence-corrected chi connectivity index (χ3v) is 1.83. The zero-order chi connectivity index (χ0) is 9.97. The number of hydrogen-bond acceptors (Lipinski definition) is 4. The molecule has 1 N–H and O–H groups in total. The van der Waals surface area contributed by atoms with Crippen molar-refractivity contribution in [1.29, 1.82) is 0 Å². The molecule has 0 atom stereocenters. The molecule has 0 aliphatic rings. The molecule has 0 aromatic carbocycles. The SMILES string of the molecule is CCOC(=O)c1cc2cnncc2[nH]1. The number of nitrogens with one attached hydrogen (secondary N) is 1. The van der Waals surface area contributed by atoms with Gasteiger partial charge < -0.3 is 9.72 Å². The second kappa shape index (κ2) is 3.45. The fraction of sp³-hybridized carbons (Fsp3) is 0.222. The maximum Gasteiger partial charge on any atom is 0.354 e. The van der Waals surface area contributed by atoms with E-state index < -0.39 is 0 Å². The van der Waals surface area contributed by atoms with E-state index in [4.69, 9.17) is 4.74 Å². The molecule has 0 aliphatic carbocycles. The fourth-order valence-corrected chi connectivity index (χ4v) is 1.21. The smallest absolute Gasteiger partial charge is 0.354 e. The van der Waals surface area contributed by atoms with Gasteiger partial charge in [-0.15, -0.1) is 0 Å². The van der Waals surface area contributed by atoms with Crippen LogP contribution < -0.4 is 0 Å². The monoisotopic (exact) mass is 191 g/mol. The quantitative estimate of drug-likeness (QED) is 0.722.